The third-order valence-corrected chi connectivity index (χ3v) is 2.52. The van der Waals surface area contributed by atoms with Crippen molar-refractivity contribution in [3.05, 3.63) is 46.9 Å². The normalized spacial score (nSPS) is 11.8. The molecular weight excluding hydrogens is 278 g/mol. The Morgan fingerprint density at radius 2 is 2.00 bits per heavy atom. The van der Waals surface area contributed by atoms with E-state index in [0.29, 0.717) is 17.3 Å². The fraction of sp³-hybridized carbons (Fsp3) is 0.333. The van der Waals surface area contributed by atoms with Gasteiger partial charge in [0, 0.05) is 13.5 Å². The molecule has 0 amide bonds. The number of halogens is 4. The minimum absolute atomic E-state index is 0.136. The second-order valence-electron chi connectivity index (χ2n) is 4.15. The fourth-order valence-electron chi connectivity index (χ4n) is 1.63. The Labute approximate surface area is 111 Å². The lowest BCUT2D eigenvalue weighted by Crippen LogP contribution is -2.15. The molecule has 0 radical (unpaired) electrons. The number of benzene rings is 1. The van der Waals surface area contributed by atoms with Crippen molar-refractivity contribution in [2.75, 3.05) is 0 Å². The lowest BCUT2D eigenvalue weighted by atomic mass is 10.1. The maximum atomic E-state index is 13.1. The molecule has 0 unspecified atom stereocenters. The van der Waals surface area contributed by atoms with Gasteiger partial charge in [-0.3, -0.25) is 0 Å². The van der Waals surface area contributed by atoms with E-state index in [0.717, 1.165) is 12.1 Å². The van der Waals surface area contributed by atoms with Crippen molar-refractivity contribution < 1.29 is 22.1 Å². The number of aromatic nitrogens is 2. The minimum atomic E-state index is -4.70. The lowest BCUT2D eigenvalue weighted by molar-refractivity contribution is -0.140. The lowest BCUT2D eigenvalue weighted by Gasteiger charge is -2.10. The number of nitrogens with one attached hydrogen (secondary N) is 1. The molecule has 2 rings (SSSR count). The smallest absolute Gasteiger partial charge is 0.340 e. The monoisotopic (exact) mass is 289 g/mol. The molecule has 0 bridgehead atoms. The van der Waals surface area contributed by atoms with Gasteiger partial charge in [-0.1, -0.05) is 11.2 Å². The van der Waals surface area contributed by atoms with Crippen LogP contribution >= 0.6 is 0 Å². The molecule has 0 atom stereocenters. The van der Waals surface area contributed by atoms with E-state index in [-0.39, 0.29) is 13.1 Å². The number of hydrogen-bond acceptors (Lipinski definition) is 4. The quantitative estimate of drug-likeness (QED) is 0.879. The highest BCUT2D eigenvalue weighted by molar-refractivity contribution is 5.27. The largest absolute Gasteiger partial charge is 0.419 e. The van der Waals surface area contributed by atoms with Crippen molar-refractivity contribution >= 4 is 0 Å². The number of alkyl halides is 3. The van der Waals surface area contributed by atoms with E-state index >= 15 is 0 Å². The van der Waals surface area contributed by atoms with Crippen LogP contribution in [-0.4, -0.2) is 10.1 Å². The summed E-state index contributed by atoms with van der Waals surface area (Å²) in [4.78, 5) is 3.93. The highest BCUT2D eigenvalue weighted by Crippen LogP contribution is 2.31. The molecule has 1 aromatic carbocycles. The average Bonchev–Trinajstić information content (AvgIpc) is 2.76. The maximum absolute atomic E-state index is 13.1. The number of rotatable bonds is 4. The molecule has 1 aromatic heterocycles. The molecule has 108 valence electrons. The number of aryl methyl sites for hydroxylation is 1. The summed E-state index contributed by atoms with van der Waals surface area (Å²) in [5, 5.41) is 6.48. The summed E-state index contributed by atoms with van der Waals surface area (Å²) in [6.45, 7) is 2.01. The zero-order chi connectivity index (χ0) is 14.8. The fourth-order valence-corrected chi connectivity index (χ4v) is 1.63. The van der Waals surface area contributed by atoms with Gasteiger partial charge in [0.2, 0.25) is 5.89 Å². The van der Waals surface area contributed by atoms with Gasteiger partial charge in [0.25, 0.3) is 0 Å². The second-order valence-corrected chi connectivity index (χ2v) is 4.15. The van der Waals surface area contributed by atoms with E-state index in [1.165, 1.54) is 6.07 Å². The van der Waals surface area contributed by atoms with Crippen molar-refractivity contribution in [2.24, 2.45) is 0 Å². The number of hydrogen-bond donors (Lipinski definition) is 1. The first-order chi connectivity index (χ1) is 9.36. The molecule has 0 saturated heterocycles. The highest BCUT2D eigenvalue weighted by Gasteiger charge is 2.34. The molecule has 8 heteroatoms. The molecule has 4 nitrogen and oxygen atoms in total. The van der Waals surface area contributed by atoms with E-state index in [4.69, 9.17) is 4.52 Å². The molecule has 0 fully saturated rings. The summed E-state index contributed by atoms with van der Waals surface area (Å²) in [5.41, 5.74) is -0.953. The van der Waals surface area contributed by atoms with E-state index in [1.54, 1.807) is 6.92 Å². The summed E-state index contributed by atoms with van der Waals surface area (Å²) in [7, 11) is 0. The van der Waals surface area contributed by atoms with Crippen LogP contribution in [-0.2, 0) is 19.3 Å². The van der Waals surface area contributed by atoms with Crippen LogP contribution in [0.5, 0.6) is 0 Å². The standard InChI is InChI=1S/C12H11F4N3O/c1-7-18-11(19-20-7)6-17-5-8-2-3-10(13)9(4-8)12(14,15)16/h2-4,17H,5-6H2,1H3. The van der Waals surface area contributed by atoms with Crippen molar-refractivity contribution in [1.29, 1.82) is 0 Å². The van der Waals surface area contributed by atoms with Gasteiger partial charge in [-0.25, -0.2) is 4.39 Å². The molecule has 0 aliphatic carbocycles. The second kappa shape index (κ2) is 5.58. The van der Waals surface area contributed by atoms with Crippen LogP contribution in [0.1, 0.15) is 22.8 Å². The minimum Gasteiger partial charge on any atom is -0.340 e. The van der Waals surface area contributed by atoms with Gasteiger partial charge in [0.1, 0.15) is 5.82 Å². The topological polar surface area (TPSA) is 51.0 Å². The summed E-state index contributed by atoms with van der Waals surface area (Å²) in [6, 6.07) is 2.88. The van der Waals surface area contributed by atoms with E-state index < -0.39 is 17.6 Å². The molecule has 0 aliphatic heterocycles. The third kappa shape index (κ3) is 3.53. The Hall–Kier alpha value is -1.96. The Bertz CT molecular complexity index is 595. The summed E-state index contributed by atoms with van der Waals surface area (Å²) in [6.07, 6.45) is -4.70. The zero-order valence-corrected chi connectivity index (χ0v) is 10.5. The first-order valence-electron chi connectivity index (χ1n) is 5.72. The third-order valence-electron chi connectivity index (χ3n) is 2.52. The Morgan fingerprint density at radius 1 is 1.25 bits per heavy atom. The zero-order valence-electron chi connectivity index (χ0n) is 10.5. The van der Waals surface area contributed by atoms with Gasteiger partial charge >= 0.3 is 6.18 Å². The SMILES string of the molecule is Cc1nc(CNCc2ccc(F)c(C(F)(F)F)c2)no1. The first kappa shape index (κ1) is 14.4. The van der Waals surface area contributed by atoms with Gasteiger partial charge in [-0.15, -0.1) is 0 Å². The Morgan fingerprint density at radius 3 is 2.60 bits per heavy atom. The van der Waals surface area contributed by atoms with Gasteiger partial charge in [-0.2, -0.15) is 18.2 Å². The predicted octanol–water partition coefficient (Wildman–Crippen LogP) is 2.83. The van der Waals surface area contributed by atoms with Gasteiger partial charge in [0.05, 0.1) is 12.1 Å². The molecular formula is C12H11F4N3O. The van der Waals surface area contributed by atoms with Crippen LogP contribution in [0.2, 0.25) is 0 Å². The highest BCUT2D eigenvalue weighted by atomic mass is 19.4. The van der Waals surface area contributed by atoms with Crippen LogP contribution in [0.25, 0.3) is 0 Å². The van der Waals surface area contributed by atoms with Crippen molar-refractivity contribution in [3.63, 3.8) is 0 Å². The van der Waals surface area contributed by atoms with Crippen LogP contribution in [0, 0.1) is 12.7 Å². The van der Waals surface area contributed by atoms with Crippen LogP contribution < -0.4 is 5.32 Å². The van der Waals surface area contributed by atoms with E-state index in [2.05, 4.69) is 15.5 Å². The summed E-state index contributed by atoms with van der Waals surface area (Å²) >= 11 is 0. The van der Waals surface area contributed by atoms with Crippen LogP contribution in [0.15, 0.2) is 22.7 Å². The average molecular weight is 289 g/mol. The molecule has 0 aliphatic rings. The van der Waals surface area contributed by atoms with E-state index in [9.17, 15) is 17.6 Å². The van der Waals surface area contributed by atoms with Gasteiger partial charge < -0.3 is 9.84 Å². The molecule has 0 saturated carbocycles. The molecule has 2 aromatic rings. The van der Waals surface area contributed by atoms with Crippen molar-refractivity contribution in [3.8, 4) is 0 Å². The van der Waals surface area contributed by atoms with Gasteiger partial charge in [0.15, 0.2) is 5.82 Å². The van der Waals surface area contributed by atoms with Crippen molar-refractivity contribution in [2.45, 2.75) is 26.2 Å². The van der Waals surface area contributed by atoms with Gasteiger partial charge in [-0.05, 0) is 17.7 Å². The summed E-state index contributed by atoms with van der Waals surface area (Å²) < 4.78 is 55.4. The van der Waals surface area contributed by atoms with Crippen molar-refractivity contribution in [1.82, 2.24) is 15.5 Å². The number of nitrogens with zero attached hydrogens (tertiary/aromatic N) is 2. The Balaban J connectivity index is 2.00. The molecule has 1 heterocycles. The van der Waals surface area contributed by atoms with Crippen LogP contribution in [0.3, 0.4) is 0 Å². The predicted molar refractivity (Wildman–Crippen MR) is 61.0 cm³/mol. The Kier molecular flexibility index (Phi) is 4.03. The molecule has 20 heavy (non-hydrogen) atoms. The van der Waals surface area contributed by atoms with Crippen LogP contribution in [0.4, 0.5) is 17.6 Å². The summed E-state index contributed by atoms with van der Waals surface area (Å²) in [5.74, 6) is -0.473. The first-order valence-corrected chi connectivity index (χ1v) is 5.72. The molecule has 0 spiro atoms. The maximum Gasteiger partial charge on any atom is 0.419 e. The van der Waals surface area contributed by atoms with E-state index in [1.807, 2.05) is 0 Å². The molecule has 1 N–H and O–H groups in total.